The van der Waals surface area contributed by atoms with Crippen molar-refractivity contribution in [3.63, 3.8) is 0 Å². The molecule has 0 aliphatic carbocycles. The van der Waals surface area contributed by atoms with E-state index in [9.17, 15) is 0 Å². The summed E-state index contributed by atoms with van der Waals surface area (Å²) < 4.78 is 0. The SMILES string of the molecule is Cl.Nc1ccc(C=Cc2ccc(N)cc2)cc1. The number of anilines is 2. The Morgan fingerprint density at radius 2 is 0.882 bits per heavy atom. The fourth-order valence-electron chi connectivity index (χ4n) is 1.41. The number of hydrogen-bond donors (Lipinski definition) is 2. The largest absolute Gasteiger partial charge is 0.399 e. The van der Waals surface area contributed by atoms with E-state index in [2.05, 4.69) is 0 Å². The van der Waals surface area contributed by atoms with Crippen LogP contribution in [-0.4, -0.2) is 0 Å². The molecule has 2 aromatic rings. The maximum atomic E-state index is 5.61. The molecule has 0 heterocycles. The van der Waals surface area contributed by atoms with E-state index in [-0.39, 0.29) is 12.4 Å². The van der Waals surface area contributed by atoms with Crippen LogP contribution in [0, 0.1) is 0 Å². The molecule has 0 aromatic heterocycles. The second-order valence-electron chi connectivity index (χ2n) is 3.67. The van der Waals surface area contributed by atoms with Gasteiger partial charge in [-0.3, -0.25) is 0 Å². The van der Waals surface area contributed by atoms with Crippen LogP contribution in [0.3, 0.4) is 0 Å². The minimum absolute atomic E-state index is 0. The third-order valence-electron chi connectivity index (χ3n) is 2.34. The predicted molar refractivity (Wildman–Crippen MR) is 77.9 cm³/mol. The third-order valence-corrected chi connectivity index (χ3v) is 2.34. The Morgan fingerprint density at radius 3 is 1.18 bits per heavy atom. The van der Waals surface area contributed by atoms with Crippen LogP contribution in [0.15, 0.2) is 48.5 Å². The van der Waals surface area contributed by atoms with Gasteiger partial charge in [-0.05, 0) is 35.4 Å². The Labute approximate surface area is 107 Å². The van der Waals surface area contributed by atoms with Crippen molar-refractivity contribution in [1.29, 1.82) is 0 Å². The van der Waals surface area contributed by atoms with Crippen LogP contribution in [-0.2, 0) is 0 Å². The van der Waals surface area contributed by atoms with Gasteiger partial charge < -0.3 is 11.5 Å². The van der Waals surface area contributed by atoms with Crippen molar-refractivity contribution in [2.24, 2.45) is 0 Å². The van der Waals surface area contributed by atoms with Crippen molar-refractivity contribution < 1.29 is 0 Å². The molecular weight excluding hydrogens is 232 g/mol. The van der Waals surface area contributed by atoms with Crippen molar-refractivity contribution in [3.05, 3.63) is 59.7 Å². The van der Waals surface area contributed by atoms with Gasteiger partial charge in [0, 0.05) is 11.4 Å². The van der Waals surface area contributed by atoms with E-state index in [4.69, 9.17) is 11.5 Å². The average molecular weight is 247 g/mol. The molecule has 0 aliphatic heterocycles. The number of nitrogen functional groups attached to an aromatic ring is 2. The Bertz CT molecular complexity index is 439. The molecule has 0 fully saturated rings. The van der Waals surface area contributed by atoms with Crippen LogP contribution in [0.4, 0.5) is 11.4 Å². The van der Waals surface area contributed by atoms with Crippen molar-refractivity contribution in [2.45, 2.75) is 0 Å². The van der Waals surface area contributed by atoms with Crippen molar-refractivity contribution in [3.8, 4) is 0 Å². The summed E-state index contributed by atoms with van der Waals surface area (Å²) >= 11 is 0. The van der Waals surface area contributed by atoms with E-state index in [0.29, 0.717) is 0 Å². The predicted octanol–water partition coefficient (Wildman–Crippen LogP) is 3.44. The Morgan fingerprint density at radius 1 is 0.588 bits per heavy atom. The molecule has 2 rings (SSSR count). The van der Waals surface area contributed by atoms with E-state index in [1.165, 1.54) is 0 Å². The summed E-state index contributed by atoms with van der Waals surface area (Å²) in [6, 6.07) is 15.5. The maximum absolute atomic E-state index is 5.61. The molecule has 0 radical (unpaired) electrons. The highest BCUT2D eigenvalue weighted by atomic mass is 35.5. The molecule has 0 aliphatic rings. The molecule has 4 N–H and O–H groups in total. The number of rotatable bonds is 2. The maximum Gasteiger partial charge on any atom is 0.0314 e. The van der Waals surface area contributed by atoms with Gasteiger partial charge in [-0.25, -0.2) is 0 Å². The monoisotopic (exact) mass is 246 g/mol. The summed E-state index contributed by atoms with van der Waals surface area (Å²) in [7, 11) is 0. The third kappa shape index (κ3) is 3.85. The fourth-order valence-corrected chi connectivity index (χ4v) is 1.41. The van der Waals surface area contributed by atoms with E-state index in [1.54, 1.807) is 0 Å². The van der Waals surface area contributed by atoms with Gasteiger partial charge in [0.25, 0.3) is 0 Å². The van der Waals surface area contributed by atoms with Crippen LogP contribution in [0.5, 0.6) is 0 Å². The van der Waals surface area contributed by atoms with Gasteiger partial charge in [-0.1, -0.05) is 36.4 Å². The first-order valence-corrected chi connectivity index (χ1v) is 5.13. The topological polar surface area (TPSA) is 52.0 Å². The molecule has 0 spiro atoms. The Balaban J connectivity index is 0.00000144. The zero-order chi connectivity index (χ0) is 11.4. The molecule has 0 bridgehead atoms. The Kier molecular flexibility index (Phi) is 4.61. The second-order valence-corrected chi connectivity index (χ2v) is 3.67. The van der Waals surface area contributed by atoms with E-state index in [1.807, 2.05) is 60.7 Å². The lowest BCUT2D eigenvalue weighted by Crippen LogP contribution is -1.83. The molecule has 0 amide bonds. The molecule has 0 unspecified atom stereocenters. The Hall–Kier alpha value is -1.93. The van der Waals surface area contributed by atoms with Gasteiger partial charge in [0.15, 0.2) is 0 Å². The number of hydrogen-bond acceptors (Lipinski definition) is 2. The van der Waals surface area contributed by atoms with Gasteiger partial charge >= 0.3 is 0 Å². The normalized spacial score (nSPS) is 10.1. The number of nitrogens with two attached hydrogens (primary N) is 2. The summed E-state index contributed by atoms with van der Waals surface area (Å²) in [5.74, 6) is 0. The molecule has 0 atom stereocenters. The summed E-state index contributed by atoms with van der Waals surface area (Å²) in [6.07, 6.45) is 4.09. The van der Waals surface area contributed by atoms with Gasteiger partial charge in [0.2, 0.25) is 0 Å². The first kappa shape index (κ1) is 13.1. The molecule has 0 saturated carbocycles. The second kappa shape index (κ2) is 5.97. The van der Waals surface area contributed by atoms with Crippen LogP contribution >= 0.6 is 12.4 Å². The van der Waals surface area contributed by atoms with E-state index in [0.717, 1.165) is 22.5 Å². The molecular formula is C14H15ClN2. The van der Waals surface area contributed by atoms with Crippen LogP contribution in [0.2, 0.25) is 0 Å². The minimum atomic E-state index is 0. The molecule has 3 heteroatoms. The lowest BCUT2D eigenvalue weighted by Gasteiger charge is -1.96. The summed E-state index contributed by atoms with van der Waals surface area (Å²) in [5.41, 5.74) is 15.1. The smallest absolute Gasteiger partial charge is 0.0314 e. The van der Waals surface area contributed by atoms with Crippen molar-refractivity contribution >= 4 is 35.9 Å². The van der Waals surface area contributed by atoms with Gasteiger partial charge in [-0.15, -0.1) is 12.4 Å². The molecule has 2 aromatic carbocycles. The van der Waals surface area contributed by atoms with Gasteiger partial charge in [0.1, 0.15) is 0 Å². The number of halogens is 1. The van der Waals surface area contributed by atoms with Crippen molar-refractivity contribution in [2.75, 3.05) is 11.5 Å². The fraction of sp³-hybridized carbons (Fsp3) is 0. The summed E-state index contributed by atoms with van der Waals surface area (Å²) in [5, 5.41) is 0. The zero-order valence-corrected chi connectivity index (χ0v) is 10.2. The highest BCUT2D eigenvalue weighted by Gasteiger charge is 1.89. The van der Waals surface area contributed by atoms with Crippen molar-refractivity contribution in [1.82, 2.24) is 0 Å². The average Bonchev–Trinajstić information content (AvgIpc) is 2.30. The quantitative estimate of drug-likeness (QED) is 0.630. The minimum Gasteiger partial charge on any atom is -0.399 e. The lowest BCUT2D eigenvalue weighted by molar-refractivity contribution is 1.63. The van der Waals surface area contributed by atoms with Crippen LogP contribution in [0.1, 0.15) is 11.1 Å². The molecule has 2 nitrogen and oxygen atoms in total. The lowest BCUT2D eigenvalue weighted by atomic mass is 10.1. The first-order chi connectivity index (χ1) is 7.74. The summed E-state index contributed by atoms with van der Waals surface area (Å²) in [6.45, 7) is 0. The van der Waals surface area contributed by atoms with E-state index < -0.39 is 0 Å². The summed E-state index contributed by atoms with van der Waals surface area (Å²) in [4.78, 5) is 0. The van der Waals surface area contributed by atoms with Crippen LogP contribution in [0.25, 0.3) is 12.2 Å². The number of benzene rings is 2. The van der Waals surface area contributed by atoms with Crippen LogP contribution < -0.4 is 11.5 Å². The highest BCUT2D eigenvalue weighted by Crippen LogP contribution is 2.11. The molecule has 0 saturated heterocycles. The van der Waals surface area contributed by atoms with Gasteiger partial charge in [0.05, 0.1) is 0 Å². The first-order valence-electron chi connectivity index (χ1n) is 5.13. The standard InChI is InChI=1S/C14H14N2.ClH/c15-13-7-3-11(4-8-13)1-2-12-5-9-14(16)10-6-12;/h1-10H,15-16H2;1H. The molecule has 17 heavy (non-hydrogen) atoms. The highest BCUT2D eigenvalue weighted by molar-refractivity contribution is 5.85. The molecule has 88 valence electrons. The zero-order valence-electron chi connectivity index (χ0n) is 9.34. The van der Waals surface area contributed by atoms with Gasteiger partial charge in [-0.2, -0.15) is 0 Å². The van der Waals surface area contributed by atoms with E-state index >= 15 is 0 Å².